The molecule has 1 amide bonds. The second kappa shape index (κ2) is 10.3. The van der Waals surface area contributed by atoms with Gasteiger partial charge in [-0.1, -0.05) is 36.4 Å². The zero-order valence-electron chi connectivity index (χ0n) is 20.2. The molecule has 0 bridgehead atoms. The fourth-order valence-electron chi connectivity index (χ4n) is 4.19. The first-order valence-electron chi connectivity index (χ1n) is 11.7. The second-order valence-corrected chi connectivity index (χ2v) is 9.18. The number of aliphatic hydroxyl groups excluding tert-OH is 1. The number of carbonyl (C=O) groups is 2. The summed E-state index contributed by atoms with van der Waals surface area (Å²) in [6, 6.07) is 17.2. The van der Waals surface area contributed by atoms with Crippen molar-refractivity contribution in [3.8, 4) is 11.5 Å². The molecule has 1 atom stereocenters. The van der Waals surface area contributed by atoms with E-state index in [1.54, 1.807) is 42.8 Å². The Morgan fingerprint density at radius 3 is 2.59 bits per heavy atom. The van der Waals surface area contributed by atoms with Gasteiger partial charge in [-0.3, -0.25) is 14.5 Å². The number of amides is 1. The summed E-state index contributed by atoms with van der Waals surface area (Å²) in [4.78, 5) is 32.3. The molecular weight excluding hydrogens is 492 g/mol. The van der Waals surface area contributed by atoms with Crippen LogP contribution in [0.15, 0.2) is 88.0 Å². The van der Waals surface area contributed by atoms with Gasteiger partial charge in [-0.25, -0.2) is 4.98 Å². The number of hydrogen-bond donors (Lipinski definition) is 1. The summed E-state index contributed by atoms with van der Waals surface area (Å²) in [6.45, 7) is 4.29. The molecule has 1 aliphatic heterocycles. The molecule has 8 nitrogen and oxygen atoms in total. The van der Waals surface area contributed by atoms with Crippen LogP contribution in [0.2, 0.25) is 0 Å². The predicted molar refractivity (Wildman–Crippen MR) is 138 cm³/mol. The number of anilines is 1. The van der Waals surface area contributed by atoms with E-state index in [9.17, 15) is 14.7 Å². The minimum atomic E-state index is -0.945. The largest absolute Gasteiger partial charge is 0.503 e. The summed E-state index contributed by atoms with van der Waals surface area (Å²) in [5.41, 5.74) is 1.46. The number of ketones is 1. The molecule has 0 saturated carbocycles. The maximum absolute atomic E-state index is 13.5. The van der Waals surface area contributed by atoms with Crippen molar-refractivity contribution in [2.75, 3.05) is 11.5 Å². The van der Waals surface area contributed by atoms with Crippen molar-refractivity contribution in [1.29, 1.82) is 0 Å². The highest BCUT2D eigenvalue weighted by Gasteiger charge is 2.46. The predicted octanol–water partition coefficient (Wildman–Crippen LogP) is 5.81. The molecule has 3 heterocycles. The molecule has 0 spiro atoms. The lowest BCUT2D eigenvalue weighted by Gasteiger charge is -2.25. The van der Waals surface area contributed by atoms with Gasteiger partial charge in [-0.2, -0.15) is 0 Å². The zero-order chi connectivity index (χ0) is 25.9. The van der Waals surface area contributed by atoms with Crippen LogP contribution in [0.4, 0.5) is 5.13 Å². The van der Waals surface area contributed by atoms with Crippen LogP contribution >= 0.6 is 11.3 Å². The van der Waals surface area contributed by atoms with Gasteiger partial charge in [0.15, 0.2) is 28.1 Å². The van der Waals surface area contributed by atoms with Gasteiger partial charge in [0.05, 0.1) is 18.2 Å². The van der Waals surface area contributed by atoms with E-state index in [1.807, 2.05) is 37.3 Å². The fraction of sp³-hybridized carbons (Fsp3) is 0.179. The lowest BCUT2D eigenvalue weighted by atomic mass is 9.95. The Kier molecular flexibility index (Phi) is 6.78. The number of hydrogen-bond acceptors (Lipinski definition) is 8. The summed E-state index contributed by atoms with van der Waals surface area (Å²) in [5.74, 6) is -0.386. The molecule has 9 heteroatoms. The van der Waals surface area contributed by atoms with Gasteiger partial charge >= 0.3 is 0 Å². The first-order valence-corrected chi connectivity index (χ1v) is 12.6. The highest BCUT2D eigenvalue weighted by molar-refractivity contribution is 7.13. The number of aliphatic hydroxyl groups is 1. The van der Waals surface area contributed by atoms with Gasteiger partial charge < -0.3 is 19.0 Å². The Bertz CT molecular complexity index is 1460. The molecule has 1 unspecified atom stereocenters. The van der Waals surface area contributed by atoms with Gasteiger partial charge in [0.25, 0.3) is 5.91 Å². The number of nitrogens with zero attached hydrogens (tertiary/aromatic N) is 2. The molecular formula is C28H24N2O6S. The van der Waals surface area contributed by atoms with E-state index in [0.29, 0.717) is 41.2 Å². The molecule has 0 fully saturated rings. The number of thiazole rings is 1. The monoisotopic (exact) mass is 516 g/mol. The highest BCUT2D eigenvalue weighted by atomic mass is 32.1. The first-order chi connectivity index (χ1) is 18.0. The Labute approximate surface area is 217 Å². The minimum Gasteiger partial charge on any atom is -0.503 e. The van der Waals surface area contributed by atoms with Crippen LogP contribution in [0, 0.1) is 6.92 Å². The van der Waals surface area contributed by atoms with Crippen LogP contribution in [0.25, 0.3) is 0 Å². The molecule has 5 rings (SSSR count). The highest BCUT2D eigenvalue weighted by Crippen LogP contribution is 2.44. The number of aromatic nitrogens is 1. The van der Waals surface area contributed by atoms with Crippen LogP contribution in [0.3, 0.4) is 0 Å². The maximum Gasteiger partial charge on any atom is 0.296 e. The summed E-state index contributed by atoms with van der Waals surface area (Å²) in [7, 11) is 0. The molecule has 0 radical (unpaired) electrons. The van der Waals surface area contributed by atoms with Gasteiger partial charge in [0, 0.05) is 11.6 Å². The quantitative estimate of drug-likeness (QED) is 0.280. The number of benzene rings is 2. The Morgan fingerprint density at radius 1 is 1.11 bits per heavy atom. The first kappa shape index (κ1) is 24.3. The molecule has 2 aromatic carbocycles. The van der Waals surface area contributed by atoms with Crippen LogP contribution in [-0.4, -0.2) is 28.4 Å². The van der Waals surface area contributed by atoms with Crippen LogP contribution in [-0.2, 0) is 11.4 Å². The zero-order valence-corrected chi connectivity index (χ0v) is 21.0. The summed E-state index contributed by atoms with van der Waals surface area (Å²) in [6.07, 6.45) is 1.56. The van der Waals surface area contributed by atoms with Gasteiger partial charge in [0.1, 0.15) is 12.4 Å². The Morgan fingerprint density at radius 2 is 1.92 bits per heavy atom. The van der Waals surface area contributed by atoms with Crippen molar-refractivity contribution in [1.82, 2.24) is 4.98 Å². The third-order valence-corrected chi connectivity index (χ3v) is 6.63. The fourth-order valence-corrected chi connectivity index (χ4v) is 4.86. The van der Waals surface area contributed by atoms with Crippen LogP contribution in [0.1, 0.15) is 40.4 Å². The topological polar surface area (TPSA) is 102 Å². The maximum atomic E-state index is 13.5. The number of aryl methyl sites for hydroxylation is 1. The number of rotatable bonds is 9. The lowest BCUT2D eigenvalue weighted by Crippen LogP contribution is -2.31. The number of furan rings is 1. The van der Waals surface area contributed by atoms with Crippen LogP contribution < -0.4 is 14.4 Å². The van der Waals surface area contributed by atoms with Gasteiger partial charge in [-0.15, -0.1) is 11.3 Å². The van der Waals surface area contributed by atoms with E-state index in [1.165, 1.54) is 22.3 Å². The molecule has 37 heavy (non-hydrogen) atoms. The van der Waals surface area contributed by atoms with E-state index in [-0.39, 0.29) is 11.3 Å². The van der Waals surface area contributed by atoms with E-state index in [0.717, 1.165) is 5.56 Å². The number of ether oxygens (including phenoxy) is 2. The van der Waals surface area contributed by atoms with Crippen molar-refractivity contribution in [3.05, 3.63) is 106 Å². The Hall–Kier alpha value is -4.37. The third kappa shape index (κ3) is 4.73. The molecule has 4 aromatic rings. The molecule has 1 aliphatic rings. The van der Waals surface area contributed by atoms with Crippen molar-refractivity contribution in [2.24, 2.45) is 0 Å². The van der Waals surface area contributed by atoms with Crippen molar-refractivity contribution < 1.29 is 28.6 Å². The molecule has 0 saturated heterocycles. The van der Waals surface area contributed by atoms with Crippen molar-refractivity contribution in [2.45, 2.75) is 26.5 Å². The van der Waals surface area contributed by atoms with E-state index in [2.05, 4.69) is 4.98 Å². The molecule has 1 N–H and O–H groups in total. The summed E-state index contributed by atoms with van der Waals surface area (Å²) < 4.78 is 17.4. The summed E-state index contributed by atoms with van der Waals surface area (Å²) >= 11 is 1.23. The van der Waals surface area contributed by atoms with E-state index < -0.39 is 23.5 Å². The average Bonchev–Trinajstić information content (AvgIpc) is 3.64. The smallest absolute Gasteiger partial charge is 0.296 e. The van der Waals surface area contributed by atoms with Crippen molar-refractivity contribution >= 4 is 28.2 Å². The minimum absolute atomic E-state index is 0.0330. The standard InChI is InChI=1S/C28H24N2O6S/c1-3-34-22-15-19(10-12-20(22)35-16-18-7-5-4-6-8-18)24-23(25(31)21-11-9-17(2)36-21)26(32)27(33)30(24)28-29-13-14-37-28/h4-15,24,32H,3,16H2,1-2H3. The third-order valence-electron chi connectivity index (χ3n) is 5.86. The number of carbonyl (C=O) groups excluding carboxylic acids is 2. The molecule has 2 aromatic heterocycles. The normalized spacial score (nSPS) is 15.4. The summed E-state index contributed by atoms with van der Waals surface area (Å²) in [5, 5.41) is 13.0. The van der Waals surface area contributed by atoms with Gasteiger partial charge in [0.2, 0.25) is 5.78 Å². The lowest BCUT2D eigenvalue weighted by molar-refractivity contribution is -0.117. The molecule has 188 valence electrons. The Balaban J connectivity index is 1.56. The van der Waals surface area contributed by atoms with E-state index >= 15 is 0 Å². The van der Waals surface area contributed by atoms with E-state index in [4.69, 9.17) is 13.9 Å². The number of Topliss-reactive ketones (excluding diaryl/α,β-unsaturated/α-hetero) is 1. The molecule has 0 aliphatic carbocycles. The average molecular weight is 517 g/mol. The van der Waals surface area contributed by atoms with Crippen LogP contribution in [0.5, 0.6) is 11.5 Å². The second-order valence-electron chi connectivity index (χ2n) is 8.31. The SMILES string of the molecule is CCOc1cc(C2C(C(=O)c3ccc(C)o3)=C(O)C(=O)N2c2nccs2)ccc1OCc1ccccc1. The van der Waals surface area contributed by atoms with Crippen molar-refractivity contribution in [3.63, 3.8) is 0 Å². The van der Waals surface area contributed by atoms with Gasteiger partial charge in [-0.05, 0) is 49.2 Å².